The number of terminal acetylenes is 1. The van der Waals surface area contributed by atoms with Crippen LogP contribution in [0.4, 0.5) is 14.6 Å². The SMILES string of the molecule is C#Cc1c(F)ccc2cc(O)cc(-c3ncc4c(N(C)C[C@H]5N(C(=O)C=C)CCC5(C)C#N)nc(OC[C@H]5CCCCN5C)nc4c3F)c12. The van der Waals surface area contributed by atoms with Crippen LogP contribution in [0.2, 0.25) is 0 Å². The van der Waals surface area contributed by atoms with E-state index < -0.39 is 23.1 Å². The first-order valence-corrected chi connectivity index (χ1v) is 16.2. The fourth-order valence-corrected chi connectivity index (χ4v) is 7.02. The first-order chi connectivity index (χ1) is 23.5. The van der Waals surface area contributed by atoms with Crippen LogP contribution in [0, 0.1) is 40.7 Å². The third-order valence-electron chi connectivity index (χ3n) is 9.93. The van der Waals surface area contributed by atoms with Gasteiger partial charge in [-0.15, -0.1) is 6.42 Å². The summed E-state index contributed by atoms with van der Waals surface area (Å²) in [6, 6.07) is 7.27. The molecule has 1 N–H and O–H groups in total. The molecule has 0 bridgehead atoms. The molecule has 1 amide bonds. The highest BCUT2D eigenvalue weighted by molar-refractivity contribution is 6.03. The van der Waals surface area contributed by atoms with Crippen molar-refractivity contribution in [3.8, 4) is 41.4 Å². The van der Waals surface area contributed by atoms with E-state index >= 15 is 4.39 Å². The second kappa shape index (κ2) is 13.3. The summed E-state index contributed by atoms with van der Waals surface area (Å²) in [6.45, 7) is 7.23. The van der Waals surface area contributed by atoms with E-state index in [1.165, 1.54) is 36.5 Å². The van der Waals surface area contributed by atoms with Crippen LogP contribution in [0.5, 0.6) is 11.8 Å². The lowest BCUT2D eigenvalue weighted by Crippen LogP contribution is -2.47. The van der Waals surface area contributed by atoms with Crippen LogP contribution in [0.25, 0.3) is 32.9 Å². The van der Waals surface area contributed by atoms with Gasteiger partial charge in [-0.2, -0.15) is 15.2 Å². The Morgan fingerprint density at radius 1 is 1.29 bits per heavy atom. The van der Waals surface area contributed by atoms with Crippen LogP contribution in [0.1, 0.15) is 38.2 Å². The number of aromatic hydroxyl groups is 1. The number of carbonyl (C=O) groups is 1. The molecule has 0 saturated carbocycles. The van der Waals surface area contributed by atoms with Crippen molar-refractivity contribution >= 4 is 33.4 Å². The average Bonchev–Trinajstić information content (AvgIpc) is 3.43. The Labute approximate surface area is 283 Å². The number of nitrogens with zero attached hydrogens (tertiary/aromatic N) is 7. The topological polar surface area (TPSA) is 119 Å². The highest BCUT2D eigenvalue weighted by Crippen LogP contribution is 2.40. The van der Waals surface area contributed by atoms with Crippen molar-refractivity contribution < 1.29 is 23.4 Å². The highest BCUT2D eigenvalue weighted by atomic mass is 19.1. The summed E-state index contributed by atoms with van der Waals surface area (Å²) in [7, 11) is 3.77. The number of anilines is 1. The van der Waals surface area contributed by atoms with Gasteiger partial charge in [0.1, 0.15) is 35.2 Å². The second-order valence-corrected chi connectivity index (χ2v) is 13.0. The molecule has 49 heavy (non-hydrogen) atoms. The molecular weight excluding hydrogens is 628 g/mol. The number of pyridine rings is 1. The van der Waals surface area contributed by atoms with Crippen molar-refractivity contribution in [1.82, 2.24) is 24.8 Å². The normalized spacial score (nSPS) is 21.0. The number of phenolic OH excluding ortho intramolecular Hbond substituents is 1. The molecule has 2 aromatic carbocycles. The molecule has 6 rings (SSSR count). The summed E-state index contributed by atoms with van der Waals surface area (Å²) in [4.78, 5) is 32.0. The summed E-state index contributed by atoms with van der Waals surface area (Å²) < 4.78 is 37.9. The van der Waals surface area contributed by atoms with Crippen LogP contribution in [-0.2, 0) is 4.79 Å². The zero-order valence-electron chi connectivity index (χ0n) is 27.7. The zero-order valence-corrected chi connectivity index (χ0v) is 27.7. The van der Waals surface area contributed by atoms with Crippen LogP contribution >= 0.6 is 0 Å². The van der Waals surface area contributed by atoms with Gasteiger partial charge in [-0.05, 0) is 69.4 Å². The molecule has 0 spiro atoms. The van der Waals surface area contributed by atoms with E-state index in [4.69, 9.17) is 16.1 Å². The minimum atomic E-state index is -0.849. The minimum absolute atomic E-state index is 0.0611. The van der Waals surface area contributed by atoms with E-state index in [1.807, 2.05) is 14.0 Å². The minimum Gasteiger partial charge on any atom is -0.508 e. The summed E-state index contributed by atoms with van der Waals surface area (Å²) >= 11 is 0. The van der Waals surface area contributed by atoms with Gasteiger partial charge in [0.05, 0.1) is 28.5 Å². The monoisotopic (exact) mass is 665 g/mol. The van der Waals surface area contributed by atoms with Crippen molar-refractivity contribution in [2.45, 2.75) is 44.7 Å². The number of amides is 1. The maximum absolute atomic E-state index is 16.9. The fraction of sp³-hybridized carbons (Fsp3) is 0.378. The Morgan fingerprint density at radius 3 is 2.80 bits per heavy atom. The third-order valence-corrected chi connectivity index (χ3v) is 9.93. The molecule has 1 unspecified atom stereocenters. The maximum atomic E-state index is 16.9. The van der Waals surface area contributed by atoms with Gasteiger partial charge in [0.25, 0.3) is 0 Å². The summed E-state index contributed by atoms with van der Waals surface area (Å²) in [5, 5.41) is 21.5. The standard InChI is InChI=1S/C37H37F2N7O3/c1-6-25-28(38)12-11-22-16-24(47)17-26(31(22)25)33-32(39)34-27(18-41-33)35(43-36(42-34)49-20-23-10-8-9-14-44(23)4)45(5)19-29-37(3,21-40)13-15-46(29)30(48)7-2/h1,7,11-12,16-18,23,29,47H,2,8-10,13-15,19-20H2,3-5H3/t23-,29-,37?/m1/s1. The number of ether oxygens (including phenoxy) is 1. The smallest absolute Gasteiger partial charge is 0.319 e. The number of halogens is 2. The molecule has 3 atom stereocenters. The molecule has 4 aromatic rings. The van der Waals surface area contributed by atoms with Crippen molar-refractivity contribution in [2.75, 3.05) is 45.2 Å². The van der Waals surface area contributed by atoms with Crippen molar-refractivity contribution in [3.63, 3.8) is 0 Å². The van der Waals surface area contributed by atoms with E-state index in [0.717, 1.165) is 25.8 Å². The summed E-state index contributed by atoms with van der Waals surface area (Å²) in [5.41, 5.74) is -1.16. The Morgan fingerprint density at radius 2 is 2.08 bits per heavy atom. The number of piperidine rings is 1. The van der Waals surface area contributed by atoms with Crippen molar-refractivity contribution in [1.29, 1.82) is 5.26 Å². The van der Waals surface area contributed by atoms with Gasteiger partial charge in [-0.25, -0.2) is 8.78 Å². The van der Waals surface area contributed by atoms with Crippen LogP contribution in [0.3, 0.4) is 0 Å². The lowest BCUT2D eigenvalue weighted by Gasteiger charge is -2.34. The van der Waals surface area contributed by atoms with Gasteiger partial charge in [0.2, 0.25) is 5.91 Å². The Kier molecular flexibility index (Phi) is 9.10. The number of fused-ring (bicyclic) bond motifs is 2. The molecular formula is C37H37F2N7O3. The van der Waals surface area contributed by atoms with Gasteiger partial charge in [-0.3, -0.25) is 9.78 Å². The lowest BCUT2D eigenvalue weighted by atomic mass is 9.83. The second-order valence-electron chi connectivity index (χ2n) is 13.0. The molecule has 2 aliphatic heterocycles. The van der Waals surface area contributed by atoms with Gasteiger partial charge in [-0.1, -0.05) is 25.0 Å². The molecule has 4 heterocycles. The third kappa shape index (κ3) is 6.09. The zero-order chi connectivity index (χ0) is 35.0. The van der Waals surface area contributed by atoms with E-state index in [1.54, 1.807) is 16.8 Å². The number of aromatic nitrogens is 3. The first kappa shape index (κ1) is 33.6. The predicted molar refractivity (Wildman–Crippen MR) is 183 cm³/mol. The summed E-state index contributed by atoms with van der Waals surface area (Å²) in [6.07, 6.45) is 11.9. The average molecular weight is 666 g/mol. The van der Waals surface area contributed by atoms with E-state index in [0.29, 0.717) is 18.4 Å². The quantitative estimate of drug-likeness (QED) is 0.194. The largest absolute Gasteiger partial charge is 0.508 e. The Hall–Kier alpha value is -5.33. The Bertz CT molecular complexity index is 2060. The number of hydrogen-bond acceptors (Lipinski definition) is 9. The molecule has 2 fully saturated rings. The van der Waals surface area contributed by atoms with Gasteiger partial charge in [0, 0.05) is 43.3 Å². The van der Waals surface area contributed by atoms with E-state index in [2.05, 4.69) is 33.4 Å². The van der Waals surface area contributed by atoms with Crippen LogP contribution in [0.15, 0.2) is 43.1 Å². The maximum Gasteiger partial charge on any atom is 0.319 e. The number of rotatable bonds is 8. The first-order valence-electron chi connectivity index (χ1n) is 16.2. The highest BCUT2D eigenvalue weighted by Gasteiger charge is 2.46. The van der Waals surface area contributed by atoms with Gasteiger partial charge < -0.3 is 24.5 Å². The van der Waals surface area contributed by atoms with Crippen LogP contribution < -0.4 is 9.64 Å². The van der Waals surface area contributed by atoms with E-state index in [9.17, 15) is 19.6 Å². The fourth-order valence-electron chi connectivity index (χ4n) is 7.02. The molecule has 252 valence electrons. The molecule has 0 radical (unpaired) electrons. The number of hydrogen-bond donors (Lipinski definition) is 1. The number of likely N-dealkylation sites (tertiary alicyclic amines) is 2. The van der Waals surface area contributed by atoms with Crippen molar-refractivity contribution in [2.24, 2.45) is 5.41 Å². The number of nitriles is 1. The molecule has 2 aliphatic rings. The number of benzene rings is 2. The summed E-state index contributed by atoms with van der Waals surface area (Å²) in [5.74, 6) is 0.645. The lowest BCUT2D eigenvalue weighted by molar-refractivity contribution is -0.127. The predicted octanol–water partition coefficient (Wildman–Crippen LogP) is 5.43. The van der Waals surface area contributed by atoms with Crippen LogP contribution in [-0.4, -0.2) is 88.2 Å². The number of carbonyl (C=O) groups excluding carboxylic acids is 1. The molecule has 0 aliphatic carbocycles. The van der Waals surface area contributed by atoms with Crippen molar-refractivity contribution in [3.05, 3.63) is 60.3 Å². The number of likely N-dealkylation sites (N-methyl/N-ethyl adjacent to an activating group) is 2. The molecule has 12 heteroatoms. The molecule has 2 aromatic heterocycles. The van der Waals surface area contributed by atoms with E-state index in [-0.39, 0.29) is 75.8 Å². The molecule has 2 saturated heterocycles. The van der Waals surface area contributed by atoms with Gasteiger partial charge in [0.15, 0.2) is 5.82 Å². The Balaban J connectivity index is 1.50. The molecule has 10 nitrogen and oxygen atoms in total. The van der Waals surface area contributed by atoms with Gasteiger partial charge >= 0.3 is 6.01 Å². The number of phenols is 1.